The minimum atomic E-state index is -3.21. The Morgan fingerprint density at radius 3 is 2.63 bits per heavy atom. The molecule has 1 aromatic heterocycles. The number of nitrogens with one attached hydrogen (secondary N) is 1. The predicted molar refractivity (Wildman–Crippen MR) is 78.6 cm³/mol. The average molecular weight is 302 g/mol. The van der Waals surface area contributed by atoms with E-state index in [0.29, 0.717) is 5.92 Å². The highest BCUT2D eigenvalue weighted by molar-refractivity contribution is 7.90. The van der Waals surface area contributed by atoms with Crippen LogP contribution in [0.4, 0.5) is 0 Å². The highest BCUT2D eigenvalue weighted by Crippen LogP contribution is 2.28. The van der Waals surface area contributed by atoms with E-state index in [1.165, 1.54) is 11.3 Å². The zero-order chi connectivity index (χ0) is 13.9. The molecule has 108 valence electrons. The molecule has 6 heteroatoms. The van der Waals surface area contributed by atoms with Gasteiger partial charge in [-0.1, -0.05) is 26.7 Å². The van der Waals surface area contributed by atoms with Crippen LogP contribution in [0.3, 0.4) is 0 Å². The van der Waals surface area contributed by atoms with Gasteiger partial charge in [-0.25, -0.2) is 18.1 Å². The summed E-state index contributed by atoms with van der Waals surface area (Å²) in [5, 5.41) is 2.56. The van der Waals surface area contributed by atoms with Gasteiger partial charge in [0.2, 0.25) is 10.0 Å². The second kappa shape index (κ2) is 6.33. The van der Waals surface area contributed by atoms with Crippen molar-refractivity contribution >= 4 is 21.4 Å². The molecule has 0 radical (unpaired) electrons. The summed E-state index contributed by atoms with van der Waals surface area (Å²) in [6.07, 6.45) is 6.16. The monoisotopic (exact) mass is 302 g/mol. The van der Waals surface area contributed by atoms with Crippen LogP contribution in [-0.2, 0) is 10.0 Å². The van der Waals surface area contributed by atoms with Gasteiger partial charge in [0, 0.05) is 11.6 Å². The fraction of sp³-hybridized carbons (Fsp3) is 0.769. The Hall–Kier alpha value is -0.460. The normalized spacial score (nSPS) is 19.1. The first-order valence-corrected chi connectivity index (χ1v) is 9.32. The van der Waals surface area contributed by atoms with Gasteiger partial charge >= 0.3 is 0 Å². The lowest BCUT2D eigenvalue weighted by molar-refractivity contribution is 0.466. The van der Waals surface area contributed by atoms with Crippen molar-refractivity contribution in [2.45, 2.75) is 57.2 Å². The van der Waals surface area contributed by atoms with Crippen molar-refractivity contribution in [2.24, 2.45) is 5.92 Å². The molecule has 1 aliphatic carbocycles. The van der Waals surface area contributed by atoms with Gasteiger partial charge in [0.1, 0.15) is 5.01 Å². The summed E-state index contributed by atoms with van der Waals surface area (Å²) in [4.78, 5) is 4.27. The van der Waals surface area contributed by atoms with Crippen LogP contribution in [0.15, 0.2) is 11.6 Å². The maximum absolute atomic E-state index is 12.4. The molecular weight excluding hydrogens is 280 g/mol. The second-order valence-corrected chi connectivity index (χ2v) is 8.54. The van der Waals surface area contributed by atoms with Crippen LogP contribution in [-0.4, -0.2) is 18.7 Å². The molecule has 0 aromatic carbocycles. The standard InChI is InChI=1S/C13H22N2O2S2/c1-10(2)9-12(13-14-7-8-18-13)15-19(16,17)11-5-3-4-6-11/h7-8,10-12,15H,3-6,9H2,1-2H3. The summed E-state index contributed by atoms with van der Waals surface area (Å²) in [6, 6.07) is -0.175. The summed E-state index contributed by atoms with van der Waals surface area (Å²) >= 11 is 1.52. The van der Waals surface area contributed by atoms with Crippen LogP contribution in [0, 0.1) is 5.92 Å². The van der Waals surface area contributed by atoms with Gasteiger partial charge in [-0.15, -0.1) is 11.3 Å². The first-order chi connectivity index (χ1) is 8.99. The molecule has 1 atom stereocenters. The number of thiazole rings is 1. The predicted octanol–water partition coefficient (Wildman–Crippen LogP) is 3.09. The maximum Gasteiger partial charge on any atom is 0.215 e. The topological polar surface area (TPSA) is 59.1 Å². The summed E-state index contributed by atoms with van der Waals surface area (Å²) in [5.74, 6) is 0.431. The van der Waals surface area contributed by atoms with Crippen LogP contribution < -0.4 is 4.72 Å². The van der Waals surface area contributed by atoms with E-state index in [9.17, 15) is 8.42 Å². The Labute approximate surface area is 119 Å². The number of hydrogen-bond acceptors (Lipinski definition) is 4. The largest absolute Gasteiger partial charge is 0.248 e. The maximum atomic E-state index is 12.4. The van der Waals surface area contributed by atoms with Crippen LogP contribution in [0.2, 0.25) is 0 Å². The van der Waals surface area contributed by atoms with Gasteiger partial charge in [-0.3, -0.25) is 0 Å². The molecular formula is C13H22N2O2S2. The lowest BCUT2D eigenvalue weighted by Crippen LogP contribution is -2.36. The van der Waals surface area contributed by atoms with E-state index in [1.807, 2.05) is 5.38 Å². The third-order valence-corrected chi connectivity index (χ3v) is 6.36. The molecule has 1 saturated carbocycles. The fourth-order valence-electron chi connectivity index (χ4n) is 2.57. The molecule has 1 fully saturated rings. The first-order valence-electron chi connectivity index (χ1n) is 6.89. The van der Waals surface area contributed by atoms with Gasteiger partial charge in [-0.2, -0.15) is 0 Å². The van der Waals surface area contributed by atoms with Crippen LogP contribution >= 0.6 is 11.3 Å². The number of aromatic nitrogens is 1. The summed E-state index contributed by atoms with van der Waals surface area (Å²) in [7, 11) is -3.21. The molecule has 1 unspecified atom stereocenters. The summed E-state index contributed by atoms with van der Waals surface area (Å²) in [6.45, 7) is 4.20. The summed E-state index contributed by atoms with van der Waals surface area (Å²) in [5.41, 5.74) is 0. The van der Waals surface area contributed by atoms with Crippen LogP contribution in [0.25, 0.3) is 0 Å². The number of hydrogen-bond donors (Lipinski definition) is 1. The molecule has 1 N–H and O–H groups in total. The fourth-order valence-corrected chi connectivity index (χ4v) is 5.10. The Morgan fingerprint density at radius 2 is 2.11 bits per heavy atom. The average Bonchev–Trinajstić information content (AvgIpc) is 3.01. The zero-order valence-electron chi connectivity index (χ0n) is 11.5. The van der Waals surface area contributed by atoms with Crippen LogP contribution in [0.1, 0.15) is 57.0 Å². The van der Waals surface area contributed by atoms with Gasteiger partial charge < -0.3 is 0 Å². The van der Waals surface area contributed by atoms with E-state index < -0.39 is 10.0 Å². The minimum absolute atomic E-state index is 0.175. The smallest absolute Gasteiger partial charge is 0.215 e. The van der Waals surface area contributed by atoms with Crippen molar-refractivity contribution in [3.63, 3.8) is 0 Å². The molecule has 4 nitrogen and oxygen atoms in total. The van der Waals surface area contributed by atoms with Crippen molar-refractivity contribution in [3.05, 3.63) is 16.6 Å². The van der Waals surface area contributed by atoms with Gasteiger partial charge in [-0.05, 0) is 25.2 Å². The molecule has 1 heterocycles. The van der Waals surface area contributed by atoms with E-state index in [0.717, 1.165) is 37.1 Å². The molecule has 1 aromatic rings. The molecule has 0 saturated heterocycles. The molecule has 0 amide bonds. The molecule has 0 aliphatic heterocycles. The third-order valence-electron chi connectivity index (χ3n) is 3.50. The van der Waals surface area contributed by atoms with Crippen molar-refractivity contribution in [1.82, 2.24) is 9.71 Å². The lowest BCUT2D eigenvalue weighted by Gasteiger charge is -2.21. The van der Waals surface area contributed by atoms with E-state index in [-0.39, 0.29) is 11.3 Å². The highest BCUT2D eigenvalue weighted by Gasteiger charge is 2.31. The minimum Gasteiger partial charge on any atom is -0.248 e. The quantitative estimate of drug-likeness (QED) is 0.878. The van der Waals surface area contributed by atoms with Gasteiger partial charge in [0.25, 0.3) is 0 Å². The number of sulfonamides is 1. The number of rotatable bonds is 6. The van der Waals surface area contributed by atoms with Crippen molar-refractivity contribution in [2.75, 3.05) is 0 Å². The highest BCUT2D eigenvalue weighted by atomic mass is 32.2. The Bertz CT molecular complexity index is 477. The van der Waals surface area contributed by atoms with Gasteiger partial charge in [0.05, 0.1) is 11.3 Å². The Morgan fingerprint density at radius 1 is 1.42 bits per heavy atom. The van der Waals surface area contributed by atoms with Crippen molar-refractivity contribution in [3.8, 4) is 0 Å². The summed E-state index contributed by atoms with van der Waals surface area (Å²) < 4.78 is 27.7. The molecule has 1 aliphatic rings. The molecule has 2 rings (SSSR count). The van der Waals surface area contributed by atoms with Crippen molar-refractivity contribution < 1.29 is 8.42 Å². The van der Waals surface area contributed by atoms with E-state index in [1.54, 1.807) is 6.20 Å². The second-order valence-electron chi connectivity index (χ2n) is 5.62. The zero-order valence-corrected chi connectivity index (χ0v) is 13.1. The molecule has 19 heavy (non-hydrogen) atoms. The molecule has 0 spiro atoms. The Balaban J connectivity index is 2.11. The number of nitrogens with zero attached hydrogens (tertiary/aromatic N) is 1. The lowest BCUT2D eigenvalue weighted by atomic mass is 10.1. The Kier molecular flexibility index (Phi) is 4.97. The molecule has 0 bridgehead atoms. The van der Waals surface area contributed by atoms with Crippen LogP contribution in [0.5, 0.6) is 0 Å². The first kappa shape index (κ1) is 14.9. The van der Waals surface area contributed by atoms with Gasteiger partial charge in [0.15, 0.2) is 0 Å². The van der Waals surface area contributed by atoms with E-state index >= 15 is 0 Å². The SMILES string of the molecule is CC(C)CC(NS(=O)(=O)C1CCCC1)c1nccs1. The third kappa shape index (κ3) is 4.00. The van der Waals surface area contributed by atoms with Crippen molar-refractivity contribution in [1.29, 1.82) is 0 Å². The van der Waals surface area contributed by atoms with E-state index in [4.69, 9.17) is 0 Å². The van der Waals surface area contributed by atoms with E-state index in [2.05, 4.69) is 23.6 Å².